The standard InChI is InChI=1S/C15H29N/c1-4-11-16-14(15(3)9-10-15)13-7-5-12(2)6-8-13/h12-14,16H,4-11H2,1-3H3. The lowest BCUT2D eigenvalue weighted by atomic mass is 9.74. The van der Waals surface area contributed by atoms with Crippen LogP contribution < -0.4 is 5.32 Å². The summed E-state index contributed by atoms with van der Waals surface area (Å²) < 4.78 is 0. The van der Waals surface area contributed by atoms with E-state index in [-0.39, 0.29) is 0 Å². The zero-order valence-electron chi connectivity index (χ0n) is 11.4. The Labute approximate surface area is 101 Å². The Kier molecular flexibility index (Phi) is 3.94. The molecule has 2 aliphatic rings. The Morgan fingerprint density at radius 1 is 1.19 bits per heavy atom. The highest BCUT2D eigenvalue weighted by molar-refractivity contribution is 5.02. The highest BCUT2D eigenvalue weighted by Crippen LogP contribution is 2.52. The Balaban J connectivity index is 1.90. The topological polar surface area (TPSA) is 12.0 Å². The molecule has 2 saturated carbocycles. The van der Waals surface area contributed by atoms with Gasteiger partial charge in [-0.25, -0.2) is 0 Å². The molecule has 1 nitrogen and oxygen atoms in total. The van der Waals surface area contributed by atoms with Crippen molar-refractivity contribution in [2.45, 2.75) is 71.8 Å². The fourth-order valence-corrected chi connectivity index (χ4v) is 3.41. The maximum Gasteiger partial charge on any atom is 0.0149 e. The van der Waals surface area contributed by atoms with E-state index in [2.05, 4.69) is 26.1 Å². The van der Waals surface area contributed by atoms with Crippen LogP contribution in [0.25, 0.3) is 0 Å². The van der Waals surface area contributed by atoms with E-state index in [1.807, 2.05) is 0 Å². The zero-order valence-corrected chi connectivity index (χ0v) is 11.4. The minimum absolute atomic E-state index is 0.653. The predicted molar refractivity (Wildman–Crippen MR) is 70.5 cm³/mol. The first kappa shape index (κ1) is 12.4. The zero-order chi connectivity index (χ0) is 11.6. The lowest BCUT2D eigenvalue weighted by molar-refractivity contribution is 0.179. The molecule has 1 unspecified atom stereocenters. The molecule has 94 valence electrons. The molecule has 0 aliphatic heterocycles. The van der Waals surface area contributed by atoms with Gasteiger partial charge in [-0.05, 0) is 55.9 Å². The molecule has 1 heteroatoms. The van der Waals surface area contributed by atoms with Crippen LogP contribution in [0.5, 0.6) is 0 Å². The van der Waals surface area contributed by atoms with E-state index in [9.17, 15) is 0 Å². The fourth-order valence-electron chi connectivity index (χ4n) is 3.41. The van der Waals surface area contributed by atoms with Crippen LogP contribution in [-0.2, 0) is 0 Å². The van der Waals surface area contributed by atoms with Gasteiger partial charge in [-0.15, -0.1) is 0 Å². The first-order valence-electron chi connectivity index (χ1n) is 7.39. The summed E-state index contributed by atoms with van der Waals surface area (Å²) in [5.74, 6) is 1.95. The van der Waals surface area contributed by atoms with Gasteiger partial charge in [-0.2, -0.15) is 0 Å². The van der Waals surface area contributed by atoms with Crippen molar-refractivity contribution in [1.82, 2.24) is 5.32 Å². The van der Waals surface area contributed by atoms with Crippen LogP contribution in [-0.4, -0.2) is 12.6 Å². The second-order valence-corrected chi connectivity index (χ2v) is 6.61. The van der Waals surface area contributed by atoms with E-state index in [0.717, 1.165) is 17.9 Å². The Hall–Kier alpha value is -0.0400. The van der Waals surface area contributed by atoms with Gasteiger partial charge in [0, 0.05) is 6.04 Å². The summed E-state index contributed by atoms with van der Waals surface area (Å²) in [6, 6.07) is 0.819. The van der Waals surface area contributed by atoms with Crippen molar-refractivity contribution in [3.8, 4) is 0 Å². The molecule has 2 aliphatic carbocycles. The van der Waals surface area contributed by atoms with Gasteiger partial charge in [0.2, 0.25) is 0 Å². The highest BCUT2D eigenvalue weighted by Gasteiger charge is 2.47. The van der Waals surface area contributed by atoms with E-state index < -0.39 is 0 Å². The van der Waals surface area contributed by atoms with Crippen LogP contribution in [0.15, 0.2) is 0 Å². The normalized spacial score (nSPS) is 34.7. The van der Waals surface area contributed by atoms with E-state index in [1.165, 1.54) is 51.5 Å². The lowest BCUT2D eigenvalue weighted by Gasteiger charge is -2.37. The fraction of sp³-hybridized carbons (Fsp3) is 1.00. The molecule has 2 rings (SSSR count). The Morgan fingerprint density at radius 3 is 2.31 bits per heavy atom. The van der Waals surface area contributed by atoms with Crippen LogP contribution in [0.4, 0.5) is 0 Å². The number of hydrogen-bond donors (Lipinski definition) is 1. The van der Waals surface area contributed by atoms with Gasteiger partial charge in [0.15, 0.2) is 0 Å². The monoisotopic (exact) mass is 223 g/mol. The molecule has 0 bridgehead atoms. The van der Waals surface area contributed by atoms with E-state index in [1.54, 1.807) is 0 Å². The molecular formula is C15H29N. The van der Waals surface area contributed by atoms with Gasteiger partial charge in [-0.3, -0.25) is 0 Å². The van der Waals surface area contributed by atoms with Crippen molar-refractivity contribution in [1.29, 1.82) is 0 Å². The third kappa shape index (κ3) is 2.80. The largest absolute Gasteiger partial charge is 0.313 e. The molecule has 0 radical (unpaired) electrons. The molecule has 0 saturated heterocycles. The van der Waals surface area contributed by atoms with Crippen LogP contribution in [0.3, 0.4) is 0 Å². The molecule has 16 heavy (non-hydrogen) atoms. The van der Waals surface area contributed by atoms with Gasteiger partial charge < -0.3 is 5.32 Å². The smallest absolute Gasteiger partial charge is 0.0149 e. The maximum absolute atomic E-state index is 3.86. The van der Waals surface area contributed by atoms with Gasteiger partial charge in [0.1, 0.15) is 0 Å². The average molecular weight is 223 g/mol. The number of rotatable bonds is 5. The SMILES string of the molecule is CCCNC(C1CCC(C)CC1)C1(C)CC1. The van der Waals surface area contributed by atoms with Crippen molar-refractivity contribution < 1.29 is 0 Å². The molecule has 0 aromatic carbocycles. The van der Waals surface area contributed by atoms with E-state index in [4.69, 9.17) is 0 Å². The second kappa shape index (κ2) is 5.08. The third-order valence-corrected chi connectivity index (χ3v) is 4.94. The summed E-state index contributed by atoms with van der Waals surface area (Å²) in [5, 5.41) is 3.86. The summed E-state index contributed by atoms with van der Waals surface area (Å²) in [5.41, 5.74) is 0.653. The summed E-state index contributed by atoms with van der Waals surface area (Å²) in [7, 11) is 0. The van der Waals surface area contributed by atoms with Crippen LogP contribution in [0.1, 0.15) is 65.7 Å². The second-order valence-electron chi connectivity index (χ2n) is 6.61. The summed E-state index contributed by atoms with van der Waals surface area (Å²) in [6.45, 7) is 8.41. The number of nitrogens with one attached hydrogen (secondary N) is 1. The Bertz CT molecular complexity index is 211. The first-order chi connectivity index (χ1) is 7.65. The molecule has 1 atom stereocenters. The first-order valence-corrected chi connectivity index (χ1v) is 7.39. The van der Waals surface area contributed by atoms with E-state index >= 15 is 0 Å². The number of hydrogen-bond acceptors (Lipinski definition) is 1. The van der Waals surface area contributed by atoms with Crippen molar-refractivity contribution in [3.05, 3.63) is 0 Å². The molecule has 2 fully saturated rings. The van der Waals surface area contributed by atoms with Crippen LogP contribution in [0.2, 0.25) is 0 Å². The molecule has 0 spiro atoms. The highest BCUT2D eigenvalue weighted by atomic mass is 15.0. The summed E-state index contributed by atoms with van der Waals surface area (Å²) in [6.07, 6.45) is 10.1. The van der Waals surface area contributed by atoms with Gasteiger partial charge in [-0.1, -0.05) is 33.6 Å². The average Bonchev–Trinajstić information content (AvgIpc) is 3.00. The summed E-state index contributed by atoms with van der Waals surface area (Å²) in [4.78, 5) is 0. The van der Waals surface area contributed by atoms with Crippen LogP contribution >= 0.6 is 0 Å². The quantitative estimate of drug-likeness (QED) is 0.743. The van der Waals surface area contributed by atoms with Crippen LogP contribution in [0, 0.1) is 17.3 Å². The summed E-state index contributed by atoms with van der Waals surface area (Å²) >= 11 is 0. The maximum atomic E-state index is 3.86. The molecule has 0 amide bonds. The van der Waals surface area contributed by atoms with Crippen molar-refractivity contribution >= 4 is 0 Å². The van der Waals surface area contributed by atoms with Gasteiger partial charge in [0.25, 0.3) is 0 Å². The lowest BCUT2D eigenvalue weighted by Crippen LogP contribution is -2.44. The molecule has 0 aromatic heterocycles. The Morgan fingerprint density at radius 2 is 1.81 bits per heavy atom. The van der Waals surface area contributed by atoms with Crippen molar-refractivity contribution in [3.63, 3.8) is 0 Å². The third-order valence-electron chi connectivity index (χ3n) is 4.94. The molecule has 1 N–H and O–H groups in total. The van der Waals surface area contributed by atoms with Crippen molar-refractivity contribution in [2.24, 2.45) is 17.3 Å². The van der Waals surface area contributed by atoms with Gasteiger partial charge >= 0.3 is 0 Å². The van der Waals surface area contributed by atoms with Gasteiger partial charge in [0.05, 0.1) is 0 Å². The predicted octanol–water partition coefficient (Wildman–Crippen LogP) is 3.98. The molecule has 0 aromatic rings. The minimum Gasteiger partial charge on any atom is -0.313 e. The molecular weight excluding hydrogens is 194 g/mol. The van der Waals surface area contributed by atoms with E-state index in [0.29, 0.717) is 5.41 Å². The minimum atomic E-state index is 0.653. The van der Waals surface area contributed by atoms with Crippen molar-refractivity contribution in [2.75, 3.05) is 6.54 Å². The molecule has 0 heterocycles.